The summed E-state index contributed by atoms with van der Waals surface area (Å²) in [6.07, 6.45) is 1.61. The lowest BCUT2D eigenvalue weighted by atomic mass is 10.2. The highest BCUT2D eigenvalue weighted by molar-refractivity contribution is 5.93. The standard InChI is InChI=1S/C15H11N3O2/c19-11-5-3-10(4-6-11)17-18-13-7-8-14(20)15-12(13)2-1-9-16-15/h1-9,19-20H/b18-17+. The first kappa shape index (κ1) is 12.1. The molecule has 1 heterocycles. The Morgan fingerprint density at radius 2 is 1.65 bits per heavy atom. The molecule has 2 N–H and O–H groups in total. The highest BCUT2D eigenvalue weighted by Gasteiger charge is 2.05. The molecule has 3 aromatic rings. The van der Waals surface area contributed by atoms with Crippen molar-refractivity contribution in [3.63, 3.8) is 0 Å². The third-order valence-corrected chi connectivity index (χ3v) is 2.85. The van der Waals surface area contributed by atoms with E-state index in [4.69, 9.17) is 0 Å². The predicted molar refractivity (Wildman–Crippen MR) is 75.7 cm³/mol. The Hall–Kier alpha value is -2.95. The zero-order chi connectivity index (χ0) is 13.9. The van der Waals surface area contributed by atoms with E-state index in [9.17, 15) is 10.2 Å². The molecular weight excluding hydrogens is 254 g/mol. The lowest BCUT2D eigenvalue weighted by molar-refractivity contribution is 0.475. The number of fused-ring (bicyclic) bond motifs is 1. The fourth-order valence-electron chi connectivity index (χ4n) is 1.86. The number of azo groups is 1. The van der Waals surface area contributed by atoms with E-state index in [-0.39, 0.29) is 11.5 Å². The molecule has 20 heavy (non-hydrogen) atoms. The number of nitrogens with zero attached hydrogens (tertiary/aromatic N) is 3. The van der Waals surface area contributed by atoms with Crippen LogP contribution in [0, 0.1) is 0 Å². The largest absolute Gasteiger partial charge is 0.508 e. The van der Waals surface area contributed by atoms with Crippen molar-refractivity contribution in [2.75, 3.05) is 0 Å². The van der Waals surface area contributed by atoms with Crippen LogP contribution in [0.1, 0.15) is 0 Å². The molecule has 5 heteroatoms. The Bertz CT molecular complexity index is 783. The summed E-state index contributed by atoms with van der Waals surface area (Å²) in [5.74, 6) is 0.299. The minimum absolute atomic E-state index is 0.115. The Morgan fingerprint density at radius 1 is 0.850 bits per heavy atom. The van der Waals surface area contributed by atoms with Gasteiger partial charge in [0.2, 0.25) is 0 Å². The van der Waals surface area contributed by atoms with Crippen LogP contribution < -0.4 is 0 Å². The van der Waals surface area contributed by atoms with Crippen molar-refractivity contribution in [3.8, 4) is 11.5 Å². The number of rotatable bonds is 2. The third kappa shape index (κ3) is 2.29. The number of benzene rings is 2. The lowest BCUT2D eigenvalue weighted by Crippen LogP contribution is -1.79. The van der Waals surface area contributed by atoms with E-state index in [1.807, 2.05) is 6.07 Å². The van der Waals surface area contributed by atoms with Gasteiger partial charge in [-0.3, -0.25) is 4.98 Å². The Morgan fingerprint density at radius 3 is 2.45 bits per heavy atom. The van der Waals surface area contributed by atoms with Gasteiger partial charge in [0.15, 0.2) is 0 Å². The van der Waals surface area contributed by atoms with Gasteiger partial charge in [-0.15, -0.1) is 5.11 Å². The molecule has 2 aromatic carbocycles. The molecule has 0 fully saturated rings. The van der Waals surface area contributed by atoms with Gasteiger partial charge in [0, 0.05) is 11.6 Å². The van der Waals surface area contributed by atoms with Crippen LogP contribution in [0.25, 0.3) is 10.9 Å². The maximum absolute atomic E-state index is 9.75. The number of aromatic nitrogens is 1. The maximum atomic E-state index is 9.75. The van der Waals surface area contributed by atoms with Crippen LogP contribution in [-0.2, 0) is 0 Å². The molecule has 0 atom stereocenters. The van der Waals surface area contributed by atoms with Gasteiger partial charge in [0.25, 0.3) is 0 Å². The fraction of sp³-hybridized carbons (Fsp3) is 0. The van der Waals surface area contributed by atoms with E-state index in [2.05, 4.69) is 15.2 Å². The number of phenolic OH excluding ortho intramolecular Hbond substituents is 2. The smallest absolute Gasteiger partial charge is 0.141 e. The molecule has 3 rings (SSSR count). The van der Waals surface area contributed by atoms with E-state index in [0.717, 1.165) is 5.39 Å². The first-order valence-electron chi connectivity index (χ1n) is 6.01. The van der Waals surface area contributed by atoms with Crippen LogP contribution in [0.3, 0.4) is 0 Å². The first-order valence-corrected chi connectivity index (χ1v) is 6.01. The second kappa shape index (κ2) is 4.97. The van der Waals surface area contributed by atoms with Crippen LogP contribution in [0.15, 0.2) is 65.0 Å². The zero-order valence-corrected chi connectivity index (χ0v) is 10.4. The van der Waals surface area contributed by atoms with Crippen molar-refractivity contribution < 1.29 is 10.2 Å². The van der Waals surface area contributed by atoms with Crippen LogP contribution in [-0.4, -0.2) is 15.2 Å². The quantitative estimate of drug-likeness (QED) is 0.686. The number of pyridine rings is 1. The second-order valence-corrected chi connectivity index (χ2v) is 4.22. The molecule has 0 bridgehead atoms. The van der Waals surface area contributed by atoms with Crippen molar-refractivity contribution in [2.45, 2.75) is 0 Å². The summed E-state index contributed by atoms with van der Waals surface area (Å²) in [5.41, 5.74) is 1.75. The van der Waals surface area contributed by atoms with E-state index < -0.39 is 0 Å². The monoisotopic (exact) mass is 265 g/mol. The van der Waals surface area contributed by atoms with Gasteiger partial charge >= 0.3 is 0 Å². The summed E-state index contributed by atoms with van der Waals surface area (Å²) in [4.78, 5) is 4.12. The minimum atomic E-state index is 0.115. The SMILES string of the molecule is Oc1ccc(/N=N/c2ccc(O)c3ncccc23)cc1. The molecule has 0 saturated carbocycles. The highest BCUT2D eigenvalue weighted by atomic mass is 16.3. The molecule has 1 aromatic heterocycles. The Balaban J connectivity index is 2.03. The fourth-order valence-corrected chi connectivity index (χ4v) is 1.86. The average Bonchev–Trinajstić information content (AvgIpc) is 2.49. The molecule has 0 saturated heterocycles. The summed E-state index contributed by atoms with van der Waals surface area (Å²) in [6.45, 7) is 0. The average molecular weight is 265 g/mol. The summed E-state index contributed by atoms with van der Waals surface area (Å²) in [6, 6.07) is 13.3. The molecule has 5 nitrogen and oxygen atoms in total. The van der Waals surface area contributed by atoms with E-state index >= 15 is 0 Å². The number of hydrogen-bond acceptors (Lipinski definition) is 5. The topological polar surface area (TPSA) is 78.1 Å². The highest BCUT2D eigenvalue weighted by Crippen LogP contribution is 2.31. The first-order chi connectivity index (χ1) is 9.74. The molecule has 0 aliphatic carbocycles. The molecule has 98 valence electrons. The molecule has 0 radical (unpaired) electrons. The van der Waals surface area contributed by atoms with Gasteiger partial charge in [0.1, 0.15) is 17.0 Å². The van der Waals surface area contributed by atoms with Gasteiger partial charge < -0.3 is 10.2 Å². The van der Waals surface area contributed by atoms with E-state index in [1.54, 1.807) is 48.7 Å². The summed E-state index contributed by atoms with van der Waals surface area (Å²) < 4.78 is 0. The van der Waals surface area contributed by atoms with Crippen molar-refractivity contribution >= 4 is 22.3 Å². The van der Waals surface area contributed by atoms with Crippen LogP contribution >= 0.6 is 0 Å². The second-order valence-electron chi connectivity index (χ2n) is 4.22. The molecule has 0 aliphatic rings. The zero-order valence-electron chi connectivity index (χ0n) is 10.4. The molecule has 0 amide bonds. The molecule has 0 spiro atoms. The van der Waals surface area contributed by atoms with E-state index in [1.165, 1.54) is 0 Å². The summed E-state index contributed by atoms with van der Waals surface area (Å²) in [7, 11) is 0. The molecule has 0 aliphatic heterocycles. The van der Waals surface area contributed by atoms with Crippen LogP contribution in [0.5, 0.6) is 11.5 Å². The Labute approximate surface area is 114 Å². The summed E-state index contributed by atoms with van der Waals surface area (Å²) >= 11 is 0. The third-order valence-electron chi connectivity index (χ3n) is 2.85. The summed E-state index contributed by atoms with van der Waals surface area (Å²) in [5, 5.41) is 28.0. The van der Waals surface area contributed by atoms with E-state index in [0.29, 0.717) is 16.9 Å². The lowest BCUT2D eigenvalue weighted by Gasteiger charge is -2.02. The normalized spacial score (nSPS) is 11.2. The van der Waals surface area contributed by atoms with Gasteiger partial charge in [-0.25, -0.2) is 0 Å². The van der Waals surface area contributed by atoms with Crippen LogP contribution in [0.2, 0.25) is 0 Å². The van der Waals surface area contributed by atoms with Crippen molar-refractivity contribution in [1.82, 2.24) is 4.98 Å². The van der Waals surface area contributed by atoms with Gasteiger partial charge in [-0.2, -0.15) is 5.11 Å². The molecule has 0 unspecified atom stereocenters. The van der Waals surface area contributed by atoms with Gasteiger partial charge in [-0.05, 0) is 48.5 Å². The number of phenols is 2. The van der Waals surface area contributed by atoms with Crippen molar-refractivity contribution in [3.05, 3.63) is 54.7 Å². The van der Waals surface area contributed by atoms with Gasteiger partial charge in [-0.1, -0.05) is 0 Å². The predicted octanol–water partition coefficient (Wildman–Crippen LogP) is 4.06. The van der Waals surface area contributed by atoms with Gasteiger partial charge in [0.05, 0.1) is 11.4 Å². The Kier molecular flexibility index (Phi) is 3.01. The number of aromatic hydroxyl groups is 2. The maximum Gasteiger partial charge on any atom is 0.141 e. The molecular formula is C15H11N3O2. The van der Waals surface area contributed by atoms with Crippen LogP contribution in [0.4, 0.5) is 11.4 Å². The minimum Gasteiger partial charge on any atom is -0.508 e. The van der Waals surface area contributed by atoms with Crippen molar-refractivity contribution in [1.29, 1.82) is 0 Å². The van der Waals surface area contributed by atoms with Crippen molar-refractivity contribution in [2.24, 2.45) is 10.2 Å². The number of hydrogen-bond donors (Lipinski definition) is 2.